The molecule has 5 N–H and O–H groups in total. The summed E-state index contributed by atoms with van der Waals surface area (Å²) in [6.45, 7) is 0.466. The van der Waals surface area contributed by atoms with Crippen molar-refractivity contribution in [3.63, 3.8) is 0 Å². The maximum absolute atomic E-state index is 13.0. The van der Waals surface area contributed by atoms with Gasteiger partial charge in [0.15, 0.2) is 11.2 Å². The summed E-state index contributed by atoms with van der Waals surface area (Å²) in [5.74, 6) is 0.271. The fourth-order valence-corrected chi connectivity index (χ4v) is 2.54. The third-order valence-corrected chi connectivity index (χ3v) is 4.49. The van der Waals surface area contributed by atoms with Crippen LogP contribution in [-0.4, -0.2) is 41.9 Å². The minimum atomic E-state index is -5.39. The SMILES string of the molecule is O=c1[nH]c(NCCCCCCC(F)(F)P(=O)(O)O)nc2nc[nH]c12. The van der Waals surface area contributed by atoms with Crippen molar-refractivity contribution in [2.75, 3.05) is 11.9 Å². The second-order valence-electron chi connectivity index (χ2n) is 5.32. The van der Waals surface area contributed by atoms with Crippen LogP contribution in [0.2, 0.25) is 0 Å². The van der Waals surface area contributed by atoms with Crippen molar-refractivity contribution in [3.8, 4) is 0 Å². The molecular weight excluding hydrogens is 347 g/mol. The number of H-pyrrole nitrogens is 2. The van der Waals surface area contributed by atoms with Crippen LogP contribution in [0.4, 0.5) is 14.7 Å². The number of nitrogens with zero attached hydrogens (tertiary/aromatic N) is 2. The van der Waals surface area contributed by atoms with Gasteiger partial charge >= 0.3 is 13.3 Å². The molecule has 0 unspecified atom stereocenters. The van der Waals surface area contributed by atoms with Crippen molar-refractivity contribution < 1.29 is 23.1 Å². The van der Waals surface area contributed by atoms with Crippen LogP contribution in [0.3, 0.4) is 0 Å². The van der Waals surface area contributed by atoms with Gasteiger partial charge in [0.05, 0.1) is 6.33 Å². The molecule has 0 atom stereocenters. The zero-order chi connectivity index (χ0) is 17.8. The highest BCUT2D eigenvalue weighted by Gasteiger charge is 2.47. The van der Waals surface area contributed by atoms with E-state index in [1.807, 2.05) is 0 Å². The van der Waals surface area contributed by atoms with Gasteiger partial charge in [0.1, 0.15) is 0 Å². The standard InChI is InChI=1S/C12H18F2N5O4P/c13-12(14,24(21,22)23)5-3-1-2-4-6-15-11-18-9-8(10(20)19-11)16-7-17-9/h7H,1-6H2,(H2,21,22,23)(H3,15,16,17,18,19,20). The fourth-order valence-electron chi connectivity index (χ4n) is 2.10. The van der Waals surface area contributed by atoms with Crippen LogP contribution in [-0.2, 0) is 4.57 Å². The largest absolute Gasteiger partial charge is 0.394 e. The Labute approximate surface area is 135 Å². The van der Waals surface area contributed by atoms with Crippen LogP contribution in [0, 0.1) is 0 Å². The van der Waals surface area contributed by atoms with Crippen LogP contribution >= 0.6 is 7.60 Å². The monoisotopic (exact) mass is 365 g/mol. The van der Waals surface area contributed by atoms with E-state index >= 15 is 0 Å². The zero-order valence-electron chi connectivity index (χ0n) is 12.6. The van der Waals surface area contributed by atoms with Crippen molar-refractivity contribution in [1.29, 1.82) is 0 Å². The Morgan fingerprint density at radius 3 is 2.67 bits per heavy atom. The number of fused-ring (bicyclic) bond motifs is 1. The topological polar surface area (TPSA) is 144 Å². The Hall–Kier alpha value is -1.84. The molecule has 0 aromatic carbocycles. The molecule has 2 aromatic heterocycles. The number of aromatic nitrogens is 4. The molecule has 0 spiro atoms. The molecular formula is C12H18F2N5O4P. The first-order valence-corrected chi connectivity index (χ1v) is 8.93. The average Bonchev–Trinajstić information content (AvgIpc) is 2.94. The van der Waals surface area contributed by atoms with E-state index in [4.69, 9.17) is 9.79 Å². The minimum absolute atomic E-state index is 0.0203. The predicted octanol–water partition coefficient (Wildman–Crippen LogP) is 1.78. The number of alkyl halides is 2. The van der Waals surface area contributed by atoms with Gasteiger partial charge in [0, 0.05) is 13.0 Å². The maximum atomic E-state index is 13.0. The van der Waals surface area contributed by atoms with Crippen LogP contribution < -0.4 is 10.9 Å². The molecule has 9 nitrogen and oxygen atoms in total. The van der Waals surface area contributed by atoms with Gasteiger partial charge in [-0.15, -0.1) is 0 Å². The predicted molar refractivity (Wildman–Crippen MR) is 83.1 cm³/mol. The first kappa shape index (κ1) is 18.5. The van der Waals surface area contributed by atoms with Crippen molar-refractivity contribution in [3.05, 3.63) is 16.7 Å². The lowest BCUT2D eigenvalue weighted by Gasteiger charge is -2.17. The summed E-state index contributed by atoms with van der Waals surface area (Å²) in [6, 6.07) is 0. The second-order valence-corrected chi connectivity index (χ2v) is 7.06. The van der Waals surface area contributed by atoms with Gasteiger partial charge in [-0.2, -0.15) is 13.8 Å². The third-order valence-electron chi connectivity index (χ3n) is 3.42. The minimum Gasteiger partial charge on any atom is -0.356 e. The summed E-state index contributed by atoms with van der Waals surface area (Å²) in [6.07, 6.45) is 2.19. The normalized spacial score (nSPS) is 12.7. The summed E-state index contributed by atoms with van der Waals surface area (Å²) in [4.78, 5) is 41.9. The van der Waals surface area contributed by atoms with E-state index < -0.39 is 19.7 Å². The fraction of sp³-hybridized carbons (Fsp3) is 0.583. The molecule has 0 aliphatic rings. The number of imidazole rings is 1. The van der Waals surface area contributed by atoms with Crippen molar-refractivity contribution in [2.45, 2.75) is 37.8 Å². The van der Waals surface area contributed by atoms with E-state index in [2.05, 4.69) is 25.3 Å². The van der Waals surface area contributed by atoms with E-state index in [1.165, 1.54) is 6.33 Å². The molecule has 0 fully saturated rings. The van der Waals surface area contributed by atoms with Crippen LogP contribution in [0.25, 0.3) is 11.2 Å². The molecule has 2 heterocycles. The molecule has 0 radical (unpaired) electrons. The molecule has 0 aliphatic heterocycles. The number of hydrogen-bond donors (Lipinski definition) is 5. The van der Waals surface area contributed by atoms with Crippen molar-refractivity contribution >= 4 is 24.7 Å². The molecule has 0 bridgehead atoms. The quantitative estimate of drug-likeness (QED) is 0.336. The molecule has 12 heteroatoms. The number of hydrogen-bond acceptors (Lipinski definition) is 5. The van der Waals surface area contributed by atoms with Gasteiger partial charge in [-0.3, -0.25) is 14.3 Å². The Balaban J connectivity index is 1.68. The van der Waals surface area contributed by atoms with Gasteiger partial charge in [0.25, 0.3) is 5.56 Å². The lowest BCUT2D eigenvalue weighted by atomic mass is 10.1. The second kappa shape index (κ2) is 7.37. The van der Waals surface area contributed by atoms with Gasteiger partial charge in [-0.25, -0.2) is 4.98 Å². The van der Waals surface area contributed by atoms with E-state index in [0.717, 1.165) is 0 Å². The highest BCUT2D eigenvalue weighted by Crippen LogP contribution is 2.55. The molecule has 0 saturated heterocycles. The average molecular weight is 365 g/mol. The summed E-state index contributed by atoms with van der Waals surface area (Å²) in [7, 11) is -5.39. The number of anilines is 1. The Morgan fingerprint density at radius 2 is 1.96 bits per heavy atom. The first-order valence-electron chi connectivity index (χ1n) is 7.31. The number of rotatable bonds is 9. The molecule has 0 amide bonds. The van der Waals surface area contributed by atoms with E-state index in [-0.39, 0.29) is 23.4 Å². The van der Waals surface area contributed by atoms with Crippen LogP contribution in [0.1, 0.15) is 32.1 Å². The summed E-state index contributed by atoms with van der Waals surface area (Å²) in [5.41, 5.74) is -3.74. The summed E-state index contributed by atoms with van der Waals surface area (Å²) in [5, 5.41) is 2.91. The lowest BCUT2D eigenvalue weighted by Crippen LogP contribution is -2.16. The Bertz CT molecular complexity index is 787. The number of nitrogens with one attached hydrogen (secondary N) is 3. The van der Waals surface area contributed by atoms with Crippen molar-refractivity contribution in [1.82, 2.24) is 19.9 Å². The molecule has 2 rings (SSSR count). The highest BCUT2D eigenvalue weighted by molar-refractivity contribution is 7.53. The van der Waals surface area contributed by atoms with Crippen LogP contribution in [0.5, 0.6) is 0 Å². The first-order chi connectivity index (χ1) is 11.2. The maximum Gasteiger partial charge on any atom is 0.394 e. The molecule has 2 aromatic rings. The van der Waals surface area contributed by atoms with Crippen molar-refractivity contribution in [2.24, 2.45) is 0 Å². The third kappa shape index (κ3) is 4.59. The lowest BCUT2D eigenvalue weighted by molar-refractivity contribution is 0.0477. The van der Waals surface area contributed by atoms with Gasteiger partial charge < -0.3 is 20.1 Å². The van der Waals surface area contributed by atoms with Gasteiger partial charge in [-0.05, 0) is 12.8 Å². The molecule has 0 saturated carbocycles. The molecule has 24 heavy (non-hydrogen) atoms. The van der Waals surface area contributed by atoms with E-state index in [1.54, 1.807) is 0 Å². The summed E-state index contributed by atoms with van der Waals surface area (Å²) >= 11 is 0. The van der Waals surface area contributed by atoms with E-state index in [9.17, 15) is 18.1 Å². The highest BCUT2D eigenvalue weighted by atomic mass is 31.2. The number of halogens is 2. The molecule has 134 valence electrons. The molecule has 0 aliphatic carbocycles. The summed E-state index contributed by atoms with van der Waals surface area (Å²) < 4.78 is 36.6. The zero-order valence-corrected chi connectivity index (χ0v) is 13.5. The van der Waals surface area contributed by atoms with Gasteiger partial charge in [-0.1, -0.05) is 12.8 Å². The van der Waals surface area contributed by atoms with E-state index in [0.29, 0.717) is 31.5 Å². The Morgan fingerprint density at radius 1 is 1.25 bits per heavy atom. The van der Waals surface area contributed by atoms with Gasteiger partial charge in [0.2, 0.25) is 5.95 Å². The Kier molecular flexibility index (Phi) is 5.68. The number of aromatic amines is 2. The van der Waals surface area contributed by atoms with Crippen LogP contribution in [0.15, 0.2) is 11.1 Å². The number of unbranched alkanes of at least 4 members (excludes halogenated alkanes) is 3. The smallest absolute Gasteiger partial charge is 0.356 e.